The third-order valence-corrected chi connectivity index (χ3v) is 4.54. The summed E-state index contributed by atoms with van der Waals surface area (Å²) in [6.45, 7) is 7.74. The molecule has 2 aliphatic rings. The van der Waals surface area contributed by atoms with E-state index in [0.29, 0.717) is 18.6 Å². The quantitative estimate of drug-likeness (QED) is 0.905. The Hall–Kier alpha value is -0.870. The Morgan fingerprint density at radius 3 is 2.58 bits per heavy atom. The van der Waals surface area contributed by atoms with E-state index < -0.39 is 0 Å². The van der Waals surface area contributed by atoms with E-state index in [1.165, 1.54) is 38.0 Å². The number of piperidine rings is 1. The van der Waals surface area contributed by atoms with Crippen LogP contribution >= 0.6 is 0 Å². The highest BCUT2D eigenvalue weighted by Crippen LogP contribution is 2.38. The van der Waals surface area contributed by atoms with Crippen LogP contribution < -0.4 is 5.73 Å². The van der Waals surface area contributed by atoms with Crippen molar-refractivity contribution in [2.45, 2.75) is 45.2 Å². The molecule has 0 amide bonds. The Bertz CT molecular complexity index is 414. The summed E-state index contributed by atoms with van der Waals surface area (Å²) in [4.78, 5) is 6.94. The summed E-state index contributed by atoms with van der Waals surface area (Å²) >= 11 is 0. The van der Waals surface area contributed by atoms with Crippen LogP contribution in [0.2, 0.25) is 0 Å². The van der Waals surface area contributed by atoms with Crippen LogP contribution in [0.4, 0.5) is 0 Å². The number of imidazole rings is 1. The average Bonchev–Trinajstić information content (AvgIpc) is 3.09. The van der Waals surface area contributed by atoms with Gasteiger partial charge in [-0.2, -0.15) is 0 Å². The van der Waals surface area contributed by atoms with E-state index in [0.717, 1.165) is 11.8 Å². The van der Waals surface area contributed by atoms with E-state index in [1.54, 1.807) is 0 Å². The van der Waals surface area contributed by atoms with E-state index >= 15 is 0 Å². The van der Waals surface area contributed by atoms with Crippen LogP contribution in [0, 0.1) is 11.8 Å². The Balaban J connectivity index is 1.81. The van der Waals surface area contributed by atoms with Crippen molar-refractivity contribution in [2.24, 2.45) is 17.6 Å². The molecule has 2 heterocycles. The summed E-state index contributed by atoms with van der Waals surface area (Å²) in [7, 11) is 0. The molecule has 0 spiro atoms. The molecule has 106 valence electrons. The highest BCUT2D eigenvalue weighted by molar-refractivity contribution is 5.10. The predicted molar refractivity (Wildman–Crippen MR) is 76.8 cm³/mol. The molecule has 3 rings (SSSR count). The lowest BCUT2D eigenvalue weighted by molar-refractivity contribution is 0.0947. The molecule has 2 N–H and O–H groups in total. The maximum absolute atomic E-state index is 6.09. The molecule has 4 nitrogen and oxygen atoms in total. The number of hydrogen-bond acceptors (Lipinski definition) is 3. The van der Waals surface area contributed by atoms with Gasteiger partial charge in [0.25, 0.3) is 0 Å². The van der Waals surface area contributed by atoms with Gasteiger partial charge >= 0.3 is 0 Å². The van der Waals surface area contributed by atoms with Gasteiger partial charge in [0.15, 0.2) is 0 Å². The van der Waals surface area contributed by atoms with Crippen molar-refractivity contribution in [3.8, 4) is 0 Å². The van der Waals surface area contributed by atoms with Gasteiger partial charge < -0.3 is 10.3 Å². The first kappa shape index (κ1) is 13.1. The van der Waals surface area contributed by atoms with Crippen molar-refractivity contribution >= 4 is 0 Å². The average molecular weight is 262 g/mol. The molecular weight excluding hydrogens is 236 g/mol. The van der Waals surface area contributed by atoms with Gasteiger partial charge in [0.1, 0.15) is 0 Å². The fourth-order valence-electron chi connectivity index (χ4n) is 3.65. The maximum atomic E-state index is 6.09. The number of hydrogen-bond donors (Lipinski definition) is 1. The zero-order chi connectivity index (χ0) is 13.4. The van der Waals surface area contributed by atoms with Gasteiger partial charge in [-0.25, -0.2) is 4.98 Å². The highest BCUT2D eigenvalue weighted by atomic mass is 15.2. The van der Waals surface area contributed by atoms with Crippen molar-refractivity contribution in [3.63, 3.8) is 0 Å². The van der Waals surface area contributed by atoms with Gasteiger partial charge in [-0.3, -0.25) is 4.90 Å². The second-order valence-corrected chi connectivity index (χ2v) is 6.61. The second-order valence-electron chi connectivity index (χ2n) is 6.61. The maximum Gasteiger partial charge on any atom is 0.0951 e. The predicted octanol–water partition coefficient (Wildman–Crippen LogP) is 2.20. The fourth-order valence-corrected chi connectivity index (χ4v) is 3.65. The van der Waals surface area contributed by atoms with Crippen LogP contribution in [-0.2, 0) is 0 Å². The molecule has 1 saturated heterocycles. The molecule has 0 bridgehead atoms. The zero-order valence-corrected chi connectivity index (χ0v) is 12.1. The van der Waals surface area contributed by atoms with Crippen molar-refractivity contribution < 1.29 is 0 Å². The molecule has 1 aromatic rings. The first-order valence-corrected chi connectivity index (χ1v) is 7.65. The molecule has 1 aliphatic heterocycles. The Morgan fingerprint density at radius 1 is 1.32 bits per heavy atom. The summed E-state index contributed by atoms with van der Waals surface area (Å²) in [5.74, 6) is 1.55. The van der Waals surface area contributed by atoms with Gasteiger partial charge in [-0.1, -0.05) is 13.8 Å². The molecular formula is C15H26N4. The minimum absolute atomic E-state index is 0.341. The summed E-state index contributed by atoms with van der Waals surface area (Å²) in [5, 5.41) is 0. The third kappa shape index (κ3) is 2.70. The Labute approximate surface area is 116 Å². The standard InChI is InChI=1S/C15H26N4/c1-11-5-12(2)9-18(8-11)14(6-16)15-7-17-10-19(15)13-3-4-13/h7,10-14H,3-6,8-9,16H2,1-2H3. The lowest BCUT2D eigenvalue weighted by atomic mass is 9.90. The number of nitrogens with two attached hydrogens (primary N) is 1. The monoisotopic (exact) mass is 262 g/mol. The minimum Gasteiger partial charge on any atom is -0.330 e. The molecule has 0 radical (unpaired) electrons. The third-order valence-electron chi connectivity index (χ3n) is 4.54. The first-order valence-electron chi connectivity index (χ1n) is 7.65. The van der Waals surface area contributed by atoms with Crippen LogP contribution in [0.25, 0.3) is 0 Å². The topological polar surface area (TPSA) is 47.1 Å². The number of aromatic nitrogens is 2. The van der Waals surface area contributed by atoms with E-state index in [2.05, 4.69) is 28.3 Å². The van der Waals surface area contributed by atoms with E-state index in [-0.39, 0.29) is 0 Å². The number of likely N-dealkylation sites (tertiary alicyclic amines) is 1. The molecule has 4 heteroatoms. The molecule has 3 atom stereocenters. The number of nitrogens with zero attached hydrogens (tertiary/aromatic N) is 3. The SMILES string of the molecule is CC1CC(C)CN(C(CN)c2cncn2C2CC2)C1. The highest BCUT2D eigenvalue weighted by Gasteiger charge is 2.32. The summed E-state index contributed by atoms with van der Waals surface area (Å²) < 4.78 is 2.36. The van der Waals surface area contributed by atoms with Crippen LogP contribution in [0.15, 0.2) is 12.5 Å². The molecule has 1 aromatic heterocycles. The fraction of sp³-hybridized carbons (Fsp3) is 0.800. The molecule has 1 aliphatic carbocycles. The lowest BCUT2D eigenvalue weighted by Crippen LogP contribution is -2.44. The smallest absolute Gasteiger partial charge is 0.0951 e. The number of rotatable bonds is 4. The van der Waals surface area contributed by atoms with Gasteiger partial charge in [-0.15, -0.1) is 0 Å². The molecule has 3 unspecified atom stereocenters. The lowest BCUT2D eigenvalue weighted by Gasteiger charge is -2.40. The molecule has 19 heavy (non-hydrogen) atoms. The van der Waals surface area contributed by atoms with Crippen molar-refractivity contribution in [3.05, 3.63) is 18.2 Å². The van der Waals surface area contributed by atoms with Crippen LogP contribution in [0.1, 0.15) is 50.9 Å². The summed E-state index contributed by atoms with van der Waals surface area (Å²) in [6.07, 6.45) is 7.96. The molecule has 0 aromatic carbocycles. The molecule has 2 fully saturated rings. The Morgan fingerprint density at radius 2 is 2.00 bits per heavy atom. The normalized spacial score (nSPS) is 30.5. The summed E-state index contributed by atoms with van der Waals surface area (Å²) in [5.41, 5.74) is 7.42. The van der Waals surface area contributed by atoms with Crippen molar-refractivity contribution in [2.75, 3.05) is 19.6 Å². The minimum atomic E-state index is 0.341. The first-order chi connectivity index (χ1) is 9.19. The zero-order valence-electron chi connectivity index (χ0n) is 12.1. The van der Waals surface area contributed by atoms with Crippen LogP contribution in [0.3, 0.4) is 0 Å². The summed E-state index contributed by atoms with van der Waals surface area (Å²) in [6, 6.07) is 1.03. The van der Waals surface area contributed by atoms with Crippen molar-refractivity contribution in [1.29, 1.82) is 0 Å². The van der Waals surface area contributed by atoms with E-state index in [1.807, 2.05) is 12.5 Å². The van der Waals surface area contributed by atoms with Crippen molar-refractivity contribution in [1.82, 2.24) is 14.5 Å². The van der Waals surface area contributed by atoms with Crippen LogP contribution in [0.5, 0.6) is 0 Å². The largest absolute Gasteiger partial charge is 0.330 e. The van der Waals surface area contributed by atoms with Gasteiger partial charge in [0.05, 0.1) is 18.1 Å². The molecule has 1 saturated carbocycles. The van der Waals surface area contributed by atoms with Gasteiger partial charge in [-0.05, 0) is 31.1 Å². The second kappa shape index (κ2) is 5.25. The Kier molecular flexibility index (Phi) is 3.63. The van der Waals surface area contributed by atoms with Crippen LogP contribution in [-0.4, -0.2) is 34.1 Å². The van der Waals surface area contributed by atoms with Gasteiger partial charge in [0, 0.05) is 31.9 Å². The van der Waals surface area contributed by atoms with Gasteiger partial charge in [0.2, 0.25) is 0 Å². The van der Waals surface area contributed by atoms with E-state index in [9.17, 15) is 0 Å². The van der Waals surface area contributed by atoms with E-state index in [4.69, 9.17) is 5.73 Å².